The number of imidazole rings is 1. The van der Waals surface area contributed by atoms with Crippen molar-refractivity contribution in [1.82, 2.24) is 19.6 Å². The fraction of sp³-hybridized carbons (Fsp3) is 0.375. The van der Waals surface area contributed by atoms with Crippen molar-refractivity contribution in [2.75, 3.05) is 13.1 Å². The summed E-state index contributed by atoms with van der Waals surface area (Å²) in [4.78, 5) is 30.1. The van der Waals surface area contributed by atoms with Crippen molar-refractivity contribution in [1.29, 1.82) is 0 Å². The molecule has 0 radical (unpaired) electrons. The number of pyridine rings is 1. The Morgan fingerprint density at radius 3 is 2.65 bits per heavy atom. The molecule has 2 amide bonds. The fourth-order valence-electron chi connectivity index (χ4n) is 5.10. The normalized spacial score (nSPS) is 17.4. The van der Waals surface area contributed by atoms with Crippen LogP contribution >= 0.6 is 11.6 Å². The SMILES string of the molecule is CCc1nc2ccc(Cl)cn2c1C(=O)NCc1ccc(C2CC3(C2)CN(C=O)C3)cc1. The van der Waals surface area contributed by atoms with Crippen molar-refractivity contribution in [2.45, 2.75) is 38.6 Å². The third-order valence-corrected chi connectivity index (χ3v) is 6.92. The Morgan fingerprint density at radius 2 is 1.97 bits per heavy atom. The van der Waals surface area contributed by atoms with Crippen LogP contribution in [0.25, 0.3) is 5.65 Å². The number of benzene rings is 1. The molecule has 2 fully saturated rings. The molecule has 2 aromatic heterocycles. The van der Waals surface area contributed by atoms with E-state index in [4.69, 9.17) is 11.6 Å². The van der Waals surface area contributed by atoms with Crippen LogP contribution in [0.1, 0.15) is 53.0 Å². The number of halogens is 1. The first kappa shape index (κ1) is 20.1. The van der Waals surface area contributed by atoms with Crippen LogP contribution in [0.5, 0.6) is 0 Å². The van der Waals surface area contributed by atoms with E-state index in [9.17, 15) is 9.59 Å². The van der Waals surface area contributed by atoms with Gasteiger partial charge in [-0.1, -0.05) is 42.8 Å². The van der Waals surface area contributed by atoms with Crippen LogP contribution in [0.2, 0.25) is 5.02 Å². The second kappa shape index (κ2) is 7.68. The summed E-state index contributed by atoms with van der Waals surface area (Å²) in [6, 6.07) is 12.1. The second-order valence-electron chi connectivity index (χ2n) is 8.88. The molecular formula is C24H25ClN4O2. The number of aryl methyl sites for hydroxylation is 1. The van der Waals surface area contributed by atoms with Gasteiger partial charge in [-0.15, -0.1) is 0 Å². The standard InChI is InChI=1S/C24H25ClN4O2/c1-2-20-22(29-12-19(25)7-8-21(29)27-20)23(31)26-11-16-3-5-17(6-4-16)18-9-24(10-18)13-28(14-24)15-30/h3-8,12,15,18H,2,9-11,13-14H2,1H3,(H,26,31). The molecule has 1 N–H and O–H groups in total. The van der Waals surface area contributed by atoms with Crippen LogP contribution in [0.3, 0.4) is 0 Å². The zero-order chi connectivity index (χ0) is 21.6. The minimum absolute atomic E-state index is 0.152. The summed E-state index contributed by atoms with van der Waals surface area (Å²) in [5, 5.41) is 3.59. The van der Waals surface area contributed by atoms with Gasteiger partial charge in [0.25, 0.3) is 5.91 Å². The third kappa shape index (κ3) is 3.59. The molecule has 1 saturated heterocycles. The molecule has 3 aromatic rings. The maximum atomic E-state index is 12.9. The highest BCUT2D eigenvalue weighted by Crippen LogP contribution is 2.55. The van der Waals surface area contributed by atoms with Crippen molar-refractivity contribution in [3.05, 3.63) is 70.1 Å². The number of nitrogens with zero attached hydrogens (tertiary/aromatic N) is 3. The Bertz CT molecular complexity index is 1140. The summed E-state index contributed by atoms with van der Waals surface area (Å²) in [7, 11) is 0. The van der Waals surface area contributed by atoms with Crippen LogP contribution in [-0.2, 0) is 17.8 Å². The Labute approximate surface area is 186 Å². The van der Waals surface area contributed by atoms with E-state index < -0.39 is 0 Å². The monoisotopic (exact) mass is 436 g/mol. The van der Waals surface area contributed by atoms with E-state index in [-0.39, 0.29) is 5.91 Å². The molecule has 0 unspecified atom stereocenters. The highest BCUT2D eigenvalue weighted by atomic mass is 35.5. The van der Waals surface area contributed by atoms with Crippen molar-refractivity contribution < 1.29 is 9.59 Å². The lowest BCUT2D eigenvalue weighted by Gasteiger charge is -2.58. The minimum atomic E-state index is -0.152. The molecule has 0 atom stereocenters. The lowest BCUT2D eigenvalue weighted by Crippen LogP contribution is -2.60. The molecule has 2 aliphatic rings. The van der Waals surface area contributed by atoms with Gasteiger partial charge >= 0.3 is 0 Å². The fourth-order valence-corrected chi connectivity index (χ4v) is 5.26. The number of aromatic nitrogens is 2. The van der Waals surface area contributed by atoms with E-state index in [0.29, 0.717) is 35.0 Å². The first-order chi connectivity index (χ1) is 15.0. The minimum Gasteiger partial charge on any atom is -0.347 e. The van der Waals surface area contributed by atoms with Gasteiger partial charge in [-0.3, -0.25) is 14.0 Å². The predicted molar refractivity (Wildman–Crippen MR) is 119 cm³/mol. The zero-order valence-corrected chi connectivity index (χ0v) is 18.2. The largest absolute Gasteiger partial charge is 0.347 e. The van der Waals surface area contributed by atoms with Crippen LogP contribution in [0.15, 0.2) is 42.6 Å². The molecule has 1 aliphatic heterocycles. The van der Waals surface area contributed by atoms with E-state index >= 15 is 0 Å². The number of nitrogens with one attached hydrogen (secondary N) is 1. The molecule has 31 heavy (non-hydrogen) atoms. The summed E-state index contributed by atoms with van der Waals surface area (Å²) in [6.07, 6.45) is 5.67. The first-order valence-corrected chi connectivity index (χ1v) is 11.1. The highest BCUT2D eigenvalue weighted by Gasteiger charge is 2.52. The molecule has 3 heterocycles. The molecule has 1 spiro atoms. The molecule has 5 rings (SSSR count). The van der Waals surface area contributed by atoms with E-state index in [0.717, 1.165) is 49.2 Å². The van der Waals surface area contributed by atoms with Crippen LogP contribution in [0.4, 0.5) is 0 Å². The van der Waals surface area contributed by atoms with Crippen molar-refractivity contribution in [3.8, 4) is 0 Å². The van der Waals surface area contributed by atoms with Crippen LogP contribution in [-0.4, -0.2) is 39.7 Å². The van der Waals surface area contributed by atoms with Gasteiger partial charge in [-0.2, -0.15) is 0 Å². The van der Waals surface area contributed by atoms with Crippen molar-refractivity contribution in [3.63, 3.8) is 0 Å². The van der Waals surface area contributed by atoms with Gasteiger partial charge < -0.3 is 10.2 Å². The number of hydrogen-bond donors (Lipinski definition) is 1. The lowest BCUT2D eigenvalue weighted by molar-refractivity contribution is -0.137. The summed E-state index contributed by atoms with van der Waals surface area (Å²) in [5.41, 5.74) is 4.80. The van der Waals surface area contributed by atoms with Crippen molar-refractivity contribution >= 4 is 29.6 Å². The number of hydrogen-bond acceptors (Lipinski definition) is 3. The van der Waals surface area contributed by atoms with Gasteiger partial charge in [0, 0.05) is 31.2 Å². The second-order valence-corrected chi connectivity index (χ2v) is 9.31. The average molecular weight is 437 g/mol. The number of carbonyl (C=O) groups excluding carboxylic acids is 2. The predicted octanol–water partition coefficient (Wildman–Crippen LogP) is 3.82. The van der Waals surface area contributed by atoms with E-state index in [1.165, 1.54) is 5.56 Å². The summed E-state index contributed by atoms with van der Waals surface area (Å²) < 4.78 is 1.76. The number of carbonyl (C=O) groups is 2. The van der Waals surface area contributed by atoms with Crippen LogP contribution in [0, 0.1) is 5.41 Å². The van der Waals surface area contributed by atoms with Gasteiger partial charge in [0.1, 0.15) is 11.3 Å². The number of rotatable bonds is 6. The smallest absolute Gasteiger partial charge is 0.270 e. The molecular weight excluding hydrogens is 412 g/mol. The molecule has 160 valence electrons. The molecule has 6 nitrogen and oxygen atoms in total. The lowest BCUT2D eigenvalue weighted by atomic mass is 9.56. The Hall–Kier alpha value is -2.86. The highest BCUT2D eigenvalue weighted by molar-refractivity contribution is 6.30. The maximum Gasteiger partial charge on any atom is 0.270 e. The van der Waals surface area contributed by atoms with Gasteiger partial charge in [-0.25, -0.2) is 4.98 Å². The molecule has 1 saturated carbocycles. The molecule has 7 heteroatoms. The average Bonchev–Trinajstić information content (AvgIpc) is 3.09. The molecule has 1 aromatic carbocycles. The van der Waals surface area contributed by atoms with Crippen molar-refractivity contribution in [2.24, 2.45) is 5.41 Å². The third-order valence-electron chi connectivity index (χ3n) is 6.69. The quantitative estimate of drug-likeness (QED) is 0.597. The van der Waals surface area contributed by atoms with Gasteiger partial charge in [0.15, 0.2) is 0 Å². The zero-order valence-electron chi connectivity index (χ0n) is 17.5. The van der Waals surface area contributed by atoms with E-state index in [1.54, 1.807) is 16.7 Å². The van der Waals surface area contributed by atoms with Gasteiger partial charge in [0.05, 0.1) is 10.7 Å². The first-order valence-electron chi connectivity index (χ1n) is 10.7. The summed E-state index contributed by atoms with van der Waals surface area (Å²) in [5.74, 6) is 0.425. The van der Waals surface area contributed by atoms with Gasteiger partial charge in [0.2, 0.25) is 6.41 Å². The van der Waals surface area contributed by atoms with Crippen LogP contribution < -0.4 is 5.32 Å². The molecule has 1 aliphatic carbocycles. The Balaban J connectivity index is 1.22. The summed E-state index contributed by atoms with van der Waals surface area (Å²) >= 11 is 6.12. The number of likely N-dealkylation sites (tertiary alicyclic amines) is 1. The summed E-state index contributed by atoms with van der Waals surface area (Å²) in [6.45, 7) is 4.26. The molecule has 0 bridgehead atoms. The van der Waals surface area contributed by atoms with Gasteiger partial charge in [-0.05, 0) is 48.4 Å². The Kier molecular flexibility index (Phi) is 4.97. The van der Waals surface area contributed by atoms with E-state index in [1.807, 2.05) is 17.9 Å². The topological polar surface area (TPSA) is 66.7 Å². The number of amides is 2. The van der Waals surface area contributed by atoms with E-state index in [2.05, 4.69) is 34.6 Å². The Morgan fingerprint density at radius 1 is 1.23 bits per heavy atom. The maximum absolute atomic E-state index is 12.9. The number of fused-ring (bicyclic) bond motifs is 1.